The molecule has 1 heteroatoms. The maximum absolute atomic E-state index is 6.06. The minimum atomic E-state index is 0.504. The summed E-state index contributed by atoms with van der Waals surface area (Å²) in [5, 5.41) is 0. The van der Waals surface area contributed by atoms with Crippen LogP contribution in [0.25, 0.3) is 0 Å². The molecule has 0 bridgehead atoms. The molecule has 0 amide bonds. The van der Waals surface area contributed by atoms with Crippen LogP contribution in [0.4, 0.5) is 0 Å². The van der Waals surface area contributed by atoms with Gasteiger partial charge in [-0.25, -0.2) is 0 Å². The van der Waals surface area contributed by atoms with Crippen LogP contribution in [-0.2, 0) is 0 Å². The molecule has 2 saturated carbocycles. The van der Waals surface area contributed by atoms with Gasteiger partial charge in [0.2, 0.25) is 0 Å². The van der Waals surface area contributed by atoms with E-state index in [0.29, 0.717) is 16.9 Å². The van der Waals surface area contributed by atoms with Crippen LogP contribution in [0, 0.1) is 16.7 Å². The van der Waals surface area contributed by atoms with Crippen LogP contribution in [-0.4, -0.2) is 6.04 Å². The third-order valence-electron chi connectivity index (χ3n) is 4.70. The molecule has 0 aliphatic heterocycles. The summed E-state index contributed by atoms with van der Waals surface area (Å²) in [6, 6.07) is 0.543. The van der Waals surface area contributed by atoms with E-state index in [9.17, 15) is 0 Å². The highest BCUT2D eigenvalue weighted by Gasteiger charge is 2.52. The van der Waals surface area contributed by atoms with Gasteiger partial charge in [-0.2, -0.15) is 0 Å². The summed E-state index contributed by atoms with van der Waals surface area (Å²) in [5.74, 6) is 0.926. The molecule has 2 fully saturated rings. The molecular weight excluding hydrogens is 170 g/mol. The second-order valence-corrected chi connectivity index (χ2v) is 6.67. The Labute approximate surface area is 88.4 Å². The maximum atomic E-state index is 6.06. The van der Waals surface area contributed by atoms with Crippen LogP contribution in [0.15, 0.2) is 0 Å². The van der Waals surface area contributed by atoms with Crippen molar-refractivity contribution in [3.8, 4) is 0 Å². The molecule has 14 heavy (non-hydrogen) atoms. The summed E-state index contributed by atoms with van der Waals surface area (Å²) in [6.07, 6.45) is 8.37. The molecule has 0 aromatic carbocycles. The van der Waals surface area contributed by atoms with Crippen molar-refractivity contribution in [2.75, 3.05) is 0 Å². The van der Waals surface area contributed by atoms with Crippen LogP contribution in [0.5, 0.6) is 0 Å². The lowest BCUT2D eigenvalue weighted by molar-refractivity contribution is 0.211. The van der Waals surface area contributed by atoms with Crippen molar-refractivity contribution in [3.05, 3.63) is 0 Å². The van der Waals surface area contributed by atoms with Gasteiger partial charge in [-0.3, -0.25) is 0 Å². The number of nitrogens with two attached hydrogens (primary N) is 1. The summed E-state index contributed by atoms with van der Waals surface area (Å²) >= 11 is 0. The number of hydrogen-bond acceptors (Lipinski definition) is 1. The Morgan fingerprint density at radius 2 is 1.79 bits per heavy atom. The molecule has 0 radical (unpaired) electrons. The lowest BCUT2D eigenvalue weighted by atomic mass is 9.76. The average Bonchev–Trinajstić information content (AvgIpc) is 2.73. The van der Waals surface area contributed by atoms with Gasteiger partial charge < -0.3 is 5.73 Å². The Morgan fingerprint density at radius 3 is 2.29 bits per heavy atom. The smallest absolute Gasteiger partial charge is 0.0102 e. The van der Waals surface area contributed by atoms with E-state index in [4.69, 9.17) is 5.73 Å². The van der Waals surface area contributed by atoms with Crippen molar-refractivity contribution in [2.24, 2.45) is 22.5 Å². The Balaban J connectivity index is 1.96. The number of hydrogen-bond donors (Lipinski definition) is 1. The van der Waals surface area contributed by atoms with Crippen LogP contribution < -0.4 is 5.73 Å². The van der Waals surface area contributed by atoms with Gasteiger partial charge in [-0.1, -0.05) is 27.2 Å². The summed E-state index contributed by atoms with van der Waals surface area (Å²) in [5.41, 5.74) is 7.16. The Hall–Kier alpha value is -0.0400. The van der Waals surface area contributed by atoms with Gasteiger partial charge in [0.1, 0.15) is 0 Å². The predicted octanol–water partition coefficient (Wildman–Crippen LogP) is 3.33. The zero-order valence-corrected chi connectivity index (χ0v) is 9.97. The first-order chi connectivity index (χ1) is 6.44. The van der Waals surface area contributed by atoms with Crippen molar-refractivity contribution in [1.82, 2.24) is 0 Å². The minimum Gasteiger partial charge on any atom is -0.327 e. The largest absolute Gasteiger partial charge is 0.327 e. The van der Waals surface area contributed by atoms with Gasteiger partial charge in [-0.05, 0) is 48.9 Å². The Kier molecular flexibility index (Phi) is 2.42. The van der Waals surface area contributed by atoms with Crippen LogP contribution >= 0.6 is 0 Å². The monoisotopic (exact) mass is 195 g/mol. The van der Waals surface area contributed by atoms with Crippen LogP contribution in [0.2, 0.25) is 0 Å². The third kappa shape index (κ3) is 1.84. The summed E-state index contributed by atoms with van der Waals surface area (Å²) < 4.78 is 0. The Bertz CT molecular complexity index is 216. The lowest BCUT2D eigenvalue weighted by Gasteiger charge is -2.29. The minimum absolute atomic E-state index is 0.504. The van der Waals surface area contributed by atoms with Gasteiger partial charge >= 0.3 is 0 Å². The van der Waals surface area contributed by atoms with Gasteiger partial charge in [0.05, 0.1) is 0 Å². The second kappa shape index (κ2) is 3.23. The molecule has 82 valence electrons. The molecule has 2 rings (SSSR count). The van der Waals surface area contributed by atoms with Crippen molar-refractivity contribution in [3.63, 3.8) is 0 Å². The molecule has 3 unspecified atom stereocenters. The molecule has 2 aliphatic carbocycles. The molecule has 2 N–H and O–H groups in total. The molecule has 1 spiro atoms. The van der Waals surface area contributed by atoms with E-state index in [0.717, 1.165) is 5.92 Å². The van der Waals surface area contributed by atoms with E-state index in [1.807, 2.05) is 0 Å². The standard InChI is InChI=1S/C13H25N/c1-12(2,3)10-5-4-7-13(8-6-10)9-11(13)14/h10-11H,4-9,14H2,1-3H3. The number of rotatable bonds is 0. The summed E-state index contributed by atoms with van der Waals surface area (Å²) in [4.78, 5) is 0. The SMILES string of the molecule is CC(C)(C)C1CCCC2(CC1)CC2N. The zero-order valence-electron chi connectivity index (χ0n) is 9.97. The summed E-state index contributed by atoms with van der Waals surface area (Å²) in [7, 11) is 0. The average molecular weight is 195 g/mol. The molecule has 0 aromatic heterocycles. The van der Waals surface area contributed by atoms with E-state index in [1.165, 1.54) is 38.5 Å². The van der Waals surface area contributed by atoms with Crippen molar-refractivity contribution in [2.45, 2.75) is 65.3 Å². The fraction of sp³-hybridized carbons (Fsp3) is 1.00. The molecule has 3 atom stereocenters. The van der Waals surface area contributed by atoms with Gasteiger partial charge in [0.25, 0.3) is 0 Å². The third-order valence-corrected chi connectivity index (χ3v) is 4.70. The highest BCUT2D eigenvalue weighted by molar-refractivity contribution is 5.07. The molecular formula is C13H25N. The molecule has 0 aromatic rings. The van der Waals surface area contributed by atoms with Crippen molar-refractivity contribution >= 4 is 0 Å². The van der Waals surface area contributed by atoms with Gasteiger partial charge in [0, 0.05) is 6.04 Å². The Morgan fingerprint density at radius 1 is 1.14 bits per heavy atom. The van der Waals surface area contributed by atoms with E-state index in [2.05, 4.69) is 20.8 Å². The molecule has 1 nitrogen and oxygen atoms in total. The fourth-order valence-electron chi connectivity index (χ4n) is 3.25. The topological polar surface area (TPSA) is 26.0 Å². The summed E-state index contributed by atoms with van der Waals surface area (Å²) in [6.45, 7) is 7.17. The zero-order chi connectivity index (χ0) is 10.4. The van der Waals surface area contributed by atoms with E-state index in [-0.39, 0.29) is 0 Å². The fourth-order valence-corrected chi connectivity index (χ4v) is 3.25. The first-order valence-electron chi connectivity index (χ1n) is 6.20. The first kappa shape index (κ1) is 10.5. The highest BCUT2D eigenvalue weighted by Crippen LogP contribution is 2.56. The van der Waals surface area contributed by atoms with Gasteiger partial charge in [0.15, 0.2) is 0 Å². The van der Waals surface area contributed by atoms with Gasteiger partial charge in [-0.15, -0.1) is 0 Å². The predicted molar refractivity (Wildman–Crippen MR) is 61.1 cm³/mol. The first-order valence-corrected chi connectivity index (χ1v) is 6.20. The van der Waals surface area contributed by atoms with E-state index in [1.54, 1.807) is 0 Å². The highest BCUT2D eigenvalue weighted by atomic mass is 14.8. The quantitative estimate of drug-likeness (QED) is 0.630. The lowest BCUT2D eigenvalue weighted by Crippen LogP contribution is -2.20. The molecule has 0 heterocycles. The molecule has 0 saturated heterocycles. The second-order valence-electron chi connectivity index (χ2n) is 6.67. The van der Waals surface area contributed by atoms with Crippen LogP contribution in [0.1, 0.15) is 59.3 Å². The van der Waals surface area contributed by atoms with Crippen molar-refractivity contribution < 1.29 is 0 Å². The van der Waals surface area contributed by atoms with E-state index >= 15 is 0 Å². The normalized spacial score (nSPS) is 43.7. The van der Waals surface area contributed by atoms with Crippen molar-refractivity contribution in [1.29, 1.82) is 0 Å². The van der Waals surface area contributed by atoms with E-state index < -0.39 is 0 Å². The van der Waals surface area contributed by atoms with Crippen LogP contribution in [0.3, 0.4) is 0 Å². The maximum Gasteiger partial charge on any atom is 0.0102 e. The molecule has 2 aliphatic rings.